The first-order valence-electron chi connectivity index (χ1n) is 10.00. The Bertz CT molecular complexity index is 982. The first kappa shape index (κ1) is 18.9. The van der Waals surface area contributed by atoms with Crippen molar-refractivity contribution in [2.75, 3.05) is 11.5 Å². The molecular formula is C25H24N2O2. The standard InChI is InChI=1S/C25H24N2O2/c1-2-17-29-25(28)20-15-13-19(14-16-20)23-18-24(26-21-9-5-3-6-10-21)27(23)22-11-7-4-8-12-22/h3-16,23H,2,17-18H2,1H3. The maximum absolute atomic E-state index is 12.1. The van der Waals surface area contributed by atoms with E-state index >= 15 is 0 Å². The van der Waals surface area contributed by atoms with Crippen molar-refractivity contribution in [2.24, 2.45) is 4.99 Å². The Kier molecular flexibility index (Phi) is 5.71. The number of rotatable bonds is 6. The normalized spacial score (nSPS) is 17.1. The van der Waals surface area contributed by atoms with Gasteiger partial charge >= 0.3 is 5.97 Å². The molecule has 0 radical (unpaired) electrons. The van der Waals surface area contributed by atoms with Gasteiger partial charge in [0.05, 0.1) is 23.9 Å². The summed E-state index contributed by atoms with van der Waals surface area (Å²) in [6.07, 6.45) is 1.67. The Labute approximate surface area is 171 Å². The largest absolute Gasteiger partial charge is 0.462 e. The van der Waals surface area contributed by atoms with E-state index in [4.69, 9.17) is 9.73 Å². The van der Waals surface area contributed by atoms with Gasteiger partial charge in [-0.1, -0.05) is 55.5 Å². The van der Waals surface area contributed by atoms with Crippen molar-refractivity contribution in [3.8, 4) is 0 Å². The van der Waals surface area contributed by atoms with Crippen LogP contribution in [0.5, 0.6) is 0 Å². The molecule has 29 heavy (non-hydrogen) atoms. The predicted octanol–water partition coefficient (Wildman–Crippen LogP) is 5.94. The lowest BCUT2D eigenvalue weighted by Crippen LogP contribution is -2.46. The van der Waals surface area contributed by atoms with E-state index in [0.717, 1.165) is 35.6 Å². The smallest absolute Gasteiger partial charge is 0.338 e. The molecule has 1 atom stereocenters. The SMILES string of the molecule is CCCOC(=O)c1ccc(C2CC(=Nc3ccccc3)N2c2ccccc2)cc1. The topological polar surface area (TPSA) is 41.9 Å². The van der Waals surface area contributed by atoms with E-state index in [2.05, 4.69) is 17.0 Å². The van der Waals surface area contributed by atoms with E-state index in [9.17, 15) is 4.79 Å². The number of amidine groups is 1. The number of aliphatic imine (C=N–C) groups is 1. The van der Waals surface area contributed by atoms with Gasteiger partial charge in [0, 0.05) is 12.1 Å². The molecule has 0 aliphatic carbocycles. The molecule has 4 rings (SSSR count). The molecule has 1 fully saturated rings. The molecule has 3 aromatic rings. The molecule has 1 unspecified atom stereocenters. The third kappa shape index (κ3) is 4.21. The minimum absolute atomic E-state index is 0.195. The zero-order valence-electron chi connectivity index (χ0n) is 16.5. The zero-order valence-corrected chi connectivity index (χ0v) is 16.5. The second kappa shape index (κ2) is 8.74. The number of carbonyl (C=O) groups excluding carboxylic acids is 1. The molecule has 1 heterocycles. The number of hydrogen-bond acceptors (Lipinski definition) is 3. The number of benzene rings is 3. The van der Waals surface area contributed by atoms with Crippen molar-refractivity contribution in [1.29, 1.82) is 0 Å². The van der Waals surface area contributed by atoms with E-state index in [1.54, 1.807) is 0 Å². The summed E-state index contributed by atoms with van der Waals surface area (Å²) in [5.74, 6) is 0.775. The molecule has 4 heteroatoms. The van der Waals surface area contributed by atoms with Gasteiger partial charge in [0.2, 0.25) is 0 Å². The molecule has 0 spiro atoms. The van der Waals surface area contributed by atoms with Crippen LogP contribution >= 0.6 is 0 Å². The van der Waals surface area contributed by atoms with Crippen molar-refractivity contribution in [3.63, 3.8) is 0 Å². The van der Waals surface area contributed by atoms with Gasteiger partial charge < -0.3 is 9.64 Å². The summed E-state index contributed by atoms with van der Waals surface area (Å²) in [6, 6.07) is 28.2. The maximum atomic E-state index is 12.1. The zero-order chi connectivity index (χ0) is 20.1. The summed E-state index contributed by atoms with van der Waals surface area (Å²) in [4.78, 5) is 19.2. The fraction of sp³-hybridized carbons (Fsp3) is 0.200. The average Bonchev–Trinajstić information content (AvgIpc) is 2.76. The molecule has 0 saturated carbocycles. The molecule has 0 N–H and O–H groups in total. The number of esters is 1. The van der Waals surface area contributed by atoms with E-state index in [1.807, 2.05) is 79.7 Å². The minimum Gasteiger partial charge on any atom is -0.462 e. The lowest BCUT2D eigenvalue weighted by atomic mass is 9.91. The van der Waals surface area contributed by atoms with Crippen molar-refractivity contribution in [3.05, 3.63) is 96.1 Å². The van der Waals surface area contributed by atoms with Gasteiger partial charge in [0.25, 0.3) is 0 Å². The third-order valence-electron chi connectivity index (χ3n) is 4.98. The van der Waals surface area contributed by atoms with Crippen LogP contribution in [0.4, 0.5) is 11.4 Å². The van der Waals surface area contributed by atoms with Crippen LogP contribution in [0.1, 0.15) is 41.7 Å². The summed E-state index contributed by atoms with van der Waals surface area (Å²) in [5, 5.41) is 0. The van der Waals surface area contributed by atoms with Gasteiger partial charge in [-0.15, -0.1) is 0 Å². The molecular weight excluding hydrogens is 360 g/mol. The molecule has 4 nitrogen and oxygen atoms in total. The quantitative estimate of drug-likeness (QED) is 0.494. The van der Waals surface area contributed by atoms with Crippen molar-refractivity contribution < 1.29 is 9.53 Å². The van der Waals surface area contributed by atoms with Gasteiger partial charge in [-0.05, 0) is 48.4 Å². The Morgan fingerprint density at radius 3 is 2.28 bits per heavy atom. The Hall–Kier alpha value is -3.40. The molecule has 1 aliphatic heterocycles. The first-order valence-corrected chi connectivity index (χ1v) is 10.00. The lowest BCUT2D eigenvalue weighted by Gasteiger charge is -2.44. The Morgan fingerprint density at radius 1 is 0.966 bits per heavy atom. The summed E-state index contributed by atoms with van der Waals surface area (Å²) >= 11 is 0. The highest BCUT2D eigenvalue weighted by molar-refractivity contribution is 6.06. The first-order chi connectivity index (χ1) is 14.3. The van der Waals surface area contributed by atoms with Crippen LogP contribution in [-0.2, 0) is 4.74 Å². The van der Waals surface area contributed by atoms with E-state index in [0.29, 0.717) is 12.2 Å². The fourth-order valence-corrected chi connectivity index (χ4v) is 3.49. The van der Waals surface area contributed by atoms with Crippen LogP contribution in [0.25, 0.3) is 0 Å². The van der Waals surface area contributed by atoms with Gasteiger partial charge in [0.1, 0.15) is 5.84 Å². The predicted molar refractivity (Wildman–Crippen MR) is 117 cm³/mol. The number of hydrogen-bond donors (Lipinski definition) is 0. The van der Waals surface area contributed by atoms with Gasteiger partial charge in [-0.3, -0.25) is 0 Å². The molecule has 1 aliphatic rings. The minimum atomic E-state index is -0.266. The summed E-state index contributed by atoms with van der Waals surface area (Å²) in [6.45, 7) is 2.43. The van der Waals surface area contributed by atoms with Crippen molar-refractivity contribution in [1.82, 2.24) is 0 Å². The Morgan fingerprint density at radius 2 is 1.62 bits per heavy atom. The summed E-state index contributed by atoms with van der Waals surface area (Å²) in [7, 11) is 0. The van der Waals surface area contributed by atoms with E-state index in [1.165, 1.54) is 0 Å². The van der Waals surface area contributed by atoms with Crippen molar-refractivity contribution in [2.45, 2.75) is 25.8 Å². The number of carbonyl (C=O) groups is 1. The monoisotopic (exact) mass is 384 g/mol. The number of anilines is 1. The highest BCUT2D eigenvalue weighted by Gasteiger charge is 2.36. The van der Waals surface area contributed by atoms with Gasteiger partial charge in [-0.25, -0.2) is 9.79 Å². The third-order valence-corrected chi connectivity index (χ3v) is 4.98. The number of nitrogens with zero attached hydrogens (tertiary/aromatic N) is 2. The second-order valence-electron chi connectivity index (χ2n) is 7.05. The fourth-order valence-electron chi connectivity index (χ4n) is 3.49. The summed E-state index contributed by atoms with van der Waals surface area (Å²) in [5.41, 5.74) is 3.82. The molecule has 146 valence electrons. The number of para-hydroxylation sites is 2. The summed E-state index contributed by atoms with van der Waals surface area (Å²) < 4.78 is 5.22. The van der Waals surface area contributed by atoms with E-state index < -0.39 is 0 Å². The van der Waals surface area contributed by atoms with E-state index in [-0.39, 0.29) is 12.0 Å². The van der Waals surface area contributed by atoms with Crippen molar-refractivity contribution >= 4 is 23.2 Å². The van der Waals surface area contributed by atoms with Crippen LogP contribution in [0.3, 0.4) is 0 Å². The highest BCUT2D eigenvalue weighted by atomic mass is 16.5. The van der Waals surface area contributed by atoms with Crippen LogP contribution < -0.4 is 4.90 Å². The van der Waals surface area contributed by atoms with Gasteiger partial charge in [-0.2, -0.15) is 0 Å². The molecule has 0 amide bonds. The maximum Gasteiger partial charge on any atom is 0.338 e. The molecule has 0 aromatic heterocycles. The molecule has 3 aromatic carbocycles. The highest BCUT2D eigenvalue weighted by Crippen LogP contribution is 2.40. The second-order valence-corrected chi connectivity index (χ2v) is 7.05. The molecule has 0 bridgehead atoms. The van der Waals surface area contributed by atoms with Crippen LogP contribution in [-0.4, -0.2) is 18.4 Å². The lowest BCUT2D eigenvalue weighted by molar-refractivity contribution is 0.0505. The van der Waals surface area contributed by atoms with Crippen LogP contribution in [0.15, 0.2) is 89.9 Å². The van der Waals surface area contributed by atoms with Crippen LogP contribution in [0.2, 0.25) is 0 Å². The van der Waals surface area contributed by atoms with Crippen LogP contribution in [0, 0.1) is 0 Å². The average molecular weight is 384 g/mol. The molecule has 1 saturated heterocycles. The number of ether oxygens (including phenoxy) is 1. The Balaban J connectivity index is 1.58. The van der Waals surface area contributed by atoms with Gasteiger partial charge in [0.15, 0.2) is 0 Å².